The molecule has 3 rings (SSSR count). The van der Waals surface area contributed by atoms with E-state index in [9.17, 15) is 15.3 Å². The van der Waals surface area contributed by atoms with Gasteiger partial charge in [0.25, 0.3) is 0 Å². The second-order valence-corrected chi connectivity index (χ2v) is 6.94. The Kier molecular flexibility index (Phi) is 6.50. The molecule has 0 spiro atoms. The second-order valence-electron chi connectivity index (χ2n) is 6.94. The van der Waals surface area contributed by atoms with Gasteiger partial charge in [-0.15, -0.1) is 0 Å². The Balaban J connectivity index is 1.76. The first kappa shape index (κ1) is 20.4. The summed E-state index contributed by atoms with van der Waals surface area (Å²) in [6, 6.07) is 17.2. The van der Waals surface area contributed by atoms with Crippen LogP contribution in [0.1, 0.15) is 22.3 Å². The summed E-state index contributed by atoms with van der Waals surface area (Å²) in [6.45, 7) is 0. The molecule has 29 heavy (non-hydrogen) atoms. The monoisotopic (exact) mass is 394 g/mol. The highest BCUT2D eigenvalue weighted by Gasteiger charge is 2.17. The molecule has 5 nitrogen and oxygen atoms in total. The van der Waals surface area contributed by atoms with E-state index in [4.69, 9.17) is 9.47 Å². The Morgan fingerprint density at radius 2 is 1.03 bits per heavy atom. The lowest BCUT2D eigenvalue weighted by atomic mass is 9.97. The highest BCUT2D eigenvalue weighted by molar-refractivity contribution is 5.58. The van der Waals surface area contributed by atoms with Crippen LogP contribution < -0.4 is 9.47 Å². The minimum Gasteiger partial charge on any atom is -0.504 e. The van der Waals surface area contributed by atoms with Crippen LogP contribution in [0.2, 0.25) is 0 Å². The normalized spacial score (nSPS) is 10.7. The van der Waals surface area contributed by atoms with Crippen LogP contribution in [-0.4, -0.2) is 29.5 Å². The van der Waals surface area contributed by atoms with Crippen molar-refractivity contribution >= 4 is 0 Å². The van der Waals surface area contributed by atoms with Crippen LogP contribution in [0.25, 0.3) is 0 Å². The minimum absolute atomic E-state index is 0.268. The molecule has 0 aromatic heterocycles. The zero-order valence-electron chi connectivity index (χ0n) is 16.7. The first-order valence-electron chi connectivity index (χ1n) is 9.53. The van der Waals surface area contributed by atoms with E-state index in [1.54, 1.807) is 20.3 Å². The highest BCUT2D eigenvalue weighted by Crippen LogP contribution is 2.41. The van der Waals surface area contributed by atoms with Crippen LogP contribution in [0.3, 0.4) is 0 Å². The lowest BCUT2D eigenvalue weighted by Gasteiger charge is -2.13. The van der Waals surface area contributed by atoms with Gasteiger partial charge in [-0.25, -0.2) is 0 Å². The molecule has 152 valence electrons. The number of rotatable bonds is 8. The third-order valence-corrected chi connectivity index (χ3v) is 5.04. The maximum atomic E-state index is 10.3. The molecule has 3 N–H and O–H groups in total. The van der Waals surface area contributed by atoms with Gasteiger partial charge in [0.2, 0.25) is 5.75 Å². The Labute approximate surface area is 170 Å². The van der Waals surface area contributed by atoms with Gasteiger partial charge in [0.1, 0.15) is 11.5 Å². The quantitative estimate of drug-likeness (QED) is 0.494. The molecule has 0 radical (unpaired) electrons. The molecule has 0 atom stereocenters. The van der Waals surface area contributed by atoms with Crippen LogP contribution in [0.15, 0.2) is 54.6 Å². The number of phenolic OH excluding ortho intramolecular Hbond substituents is 3. The van der Waals surface area contributed by atoms with Crippen LogP contribution in [0.4, 0.5) is 0 Å². The van der Waals surface area contributed by atoms with E-state index in [2.05, 4.69) is 0 Å². The first-order valence-corrected chi connectivity index (χ1v) is 9.53. The van der Waals surface area contributed by atoms with Crippen molar-refractivity contribution in [2.24, 2.45) is 0 Å². The highest BCUT2D eigenvalue weighted by atomic mass is 16.5. The average molecular weight is 394 g/mol. The van der Waals surface area contributed by atoms with Crippen molar-refractivity contribution in [2.45, 2.75) is 25.7 Å². The van der Waals surface area contributed by atoms with Crippen molar-refractivity contribution in [1.29, 1.82) is 0 Å². The smallest absolute Gasteiger partial charge is 0.200 e. The van der Waals surface area contributed by atoms with Crippen molar-refractivity contribution in [3.05, 3.63) is 76.9 Å². The lowest BCUT2D eigenvalue weighted by Crippen LogP contribution is -1.98. The zero-order valence-corrected chi connectivity index (χ0v) is 16.7. The molecule has 0 unspecified atom stereocenters. The van der Waals surface area contributed by atoms with Gasteiger partial charge in [0.15, 0.2) is 11.5 Å². The van der Waals surface area contributed by atoms with E-state index in [0.29, 0.717) is 36.8 Å². The topological polar surface area (TPSA) is 79.2 Å². The van der Waals surface area contributed by atoms with E-state index in [-0.39, 0.29) is 11.5 Å². The van der Waals surface area contributed by atoms with Gasteiger partial charge >= 0.3 is 0 Å². The molecule has 0 heterocycles. The third kappa shape index (κ3) is 4.93. The molecule has 3 aromatic carbocycles. The Morgan fingerprint density at radius 3 is 1.45 bits per heavy atom. The summed E-state index contributed by atoms with van der Waals surface area (Å²) in [4.78, 5) is 0. The molecular weight excluding hydrogens is 368 g/mol. The number of aromatic hydroxyl groups is 3. The largest absolute Gasteiger partial charge is 0.504 e. The molecule has 0 saturated carbocycles. The third-order valence-electron chi connectivity index (χ3n) is 5.04. The maximum absolute atomic E-state index is 10.3. The minimum atomic E-state index is -0.464. The van der Waals surface area contributed by atoms with Crippen molar-refractivity contribution in [1.82, 2.24) is 0 Å². The average Bonchev–Trinajstić information content (AvgIpc) is 2.76. The second kappa shape index (κ2) is 9.24. The maximum Gasteiger partial charge on any atom is 0.200 e. The fourth-order valence-electron chi connectivity index (χ4n) is 3.36. The van der Waals surface area contributed by atoms with E-state index < -0.39 is 5.75 Å². The fourth-order valence-corrected chi connectivity index (χ4v) is 3.36. The summed E-state index contributed by atoms with van der Waals surface area (Å²) in [5.74, 6) is 0.554. The van der Waals surface area contributed by atoms with Gasteiger partial charge in [-0.3, -0.25) is 0 Å². The number of hydrogen-bond donors (Lipinski definition) is 3. The van der Waals surface area contributed by atoms with Gasteiger partial charge in [-0.2, -0.15) is 0 Å². The Bertz CT molecular complexity index is 905. The first-order chi connectivity index (χ1) is 14.0. The van der Waals surface area contributed by atoms with E-state index in [1.807, 2.05) is 48.5 Å². The summed E-state index contributed by atoms with van der Waals surface area (Å²) in [5, 5.41) is 30.8. The van der Waals surface area contributed by atoms with Gasteiger partial charge in [-0.1, -0.05) is 24.3 Å². The number of ether oxygens (including phenoxy) is 2. The van der Waals surface area contributed by atoms with Gasteiger partial charge in [0, 0.05) is 0 Å². The predicted molar refractivity (Wildman–Crippen MR) is 112 cm³/mol. The van der Waals surface area contributed by atoms with Crippen LogP contribution >= 0.6 is 0 Å². The van der Waals surface area contributed by atoms with Crippen LogP contribution in [0.5, 0.6) is 28.7 Å². The summed E-state index contributed by atoms with van der Waals surface area (Å²) >= 11 is 0. The molecule has 0 aliphatic rings. The Morgan fingerprint density at radius 1 is 0.586 bits per heavy atom. The van der Waals surface area contributed by atoms with Crippen LogP contribution in [0, 0.1) is 0 Å². The Hall–Kier alpha value is -3.34. The van der Waals surface area contributed by atoms with E-state index >= 15 is 0 Å². The molecule has 0 bridgehead atoms. The fraction of sp³-hybridized carbons (Fsp3) is 0.250. The standard InChI is InChI=1S/C24H26O5/c1-28-20-7-3-5-16(13-20)9-11-18-15-19(23(26)24(27)22(18)25)12-10-17-6-4-8-21(14-17)29-2/h3-8,13-15,25-27H,9-12H2,1-2H3. The molecule has 3 aromatic rings. The molecule has 0 fully saturated rings. The SMILES string of the molecule is COc1cccc(CCc2cc(CCc3cccc(OC)c3)c(O)c(O)c2O)c1. The number of aryl methyl sites for hydroxylation is 4. The van der Waals surface area contributed by atoms with Crippen molar-refractivity contribution in [2.75, 3.05) is 14.2 Å². The molecule has 5 heteroatoms. The van der Waals surface area contributed by atoms with Crippen molar-refractivity contribution in [3.63, 3.8) is 0 Å². The molecule has 0 aliphatic carbocycles. The van der Waals surface area contributed by atoms with Gasteiger partial charge < -0.3 is 24.8 Å². The van der Waals surface area contributed by atoms with E-state index in [0.717, 1.165) is 22.6 Å². The van der Waals surface area contributed by atoms with Gasteiger partial charge in [-0.05, 0) is 78.3 Å². The van der Waals surface area contributed by atoms with Crippen molar-refractivity contribution in [3.8, 4) is 28.7 Å². The number of methoxy groups -OCH3 is 2. The van der Waals surface area contributed by atoms with Crippen LogP contribution in [-0.2, 0) is 25.7 Å². The molecular formula is C24H26O5. The molecule has 0 amide bonds. The summed E-state index contributed by atoms with van der Waals surface area (Å²) in [5.41, 5.74) is 3.33. The lowest BCUT2D eigenvalue weighted by molar-refractivity contribution is 0.362. The van der Waals surface area contributed by atoms with Gasteiger partial charge in [0.05, 0.1) is 14.2 Å². The zero-order chi connectivity index (χ0) is 20.8. The number of phenols is 3. The summed E-state index contributed by atoms with van der Waals surface area (Å²) in [6.07, 6.45) is 2.40. The van der Waals surface area contributed by atoms with E-state index in [1.165, 1.54) is 0 Å². The van der Waals surface area contributed by atoms with Crippen molar-refractivity contribution < 1.29 is 24.8 Å². The number of hydrogen-bond acceptors (Lipinski definition) is 5. The molecule has 0 saturated heterocycles. The summed E-state index contributed by atoms with van der Waals surface area (Å²) < 4.78 is 10.5. The number of benzene rings is 3. The predicted octanol–water partition coefficient (Wildman–Crippen LogP) is 4.39. The molecule has 0 aliphatic heterocycles. The summed E-state index contributed by atoms with van der Waals surface area (Å²) in [7, 11) is 3.25.